The molecule has 0 radical (unpaired) electrons. The number of nitrogens with two attached hydrogens (primary N) is 1. The molecule has 0 spiro atoms. The van der Waals surface area contributed by atoms with Gasteiger partial charge in [-0.2, -0.15) is 0 Å². The summed E-state index contributed by atoms with van der Waals surface area (Å²) in [5, 5.41) is 3.40. The van der Waals surface area contributed by atoms with E-state index in [0.717, 1.165) is 29.7 Å². The van der Waals surface area contributed by atoms with Gasteiger partial charge in [-0.1, -0.05) is 6.92 Å². The highest BCUT2D eigenvalue weighted by atomic mass is 32.1. The molecule has 7 nitrogen and oxygen atoms in total. The number of thiophene rings is 1. The van der Waals surface area contributed by atoms with Crippen LogP contribution in [-0.4, -0.2) is 29.2 Å². The van der Waals surface area contributed by atoms with Crippen LogP contribution in [0.25, 0.3) is 0 Å². The molecule has 3 heterocycles. The zero-order valence-electron chi connectivity index (χ0n) is 15.7. The van der Waals surface area contributed by atoms with E-state index in [4.69, 9.17) is 10.2 Å². The Bertz CT molecular complexity index is 918. The second-order valence-corrected chi connectivity index (χ2v) is 8.77. The van der Waals surface area contributed by atoms with Crippen LogP contribution in [0.3, 0.4) is 0 Å². The van der Waals surface area contributed by atoms with Crippen molar-refractivity contribution in [2.45, 2.75) is 39.2 Å². The largest absolute Gasteiger partial charge is 0.467 e. The van der Waals surface area contributed by atoms with Crippen molar-refractivity contribution in [3.8, 4) is 0 Å². The van der Waals surface area contributed by atoms with E-state index < -0.39 is 11.8 Å². The second-order valence-electron chi connectivity index (χ2n) is 7.66. The number of nitrogens with zero attached hydrogens (tertiary/aromatic N) is 1. The monoisotopic (exact) mass is 401 g/mol. The van der Waals surface area contributed by atoms with E-state index in [-0.39, 0.29) is 18.2 Å². The van der Waals surface area contributed by atoms with Crippen molar-refractivity contribution < 1.29 is 18.8 Å². The normalized spacial score (nSPS) is 21.6. The van der Waals surface area contributed by atoms with Crippen LogP contribution < -0.4 is 11.1 Å². The number of fused-ring (bicyclic) bond motifs is 1. The third kappa shape index (κ3) is 3.56. The molecule has 1 fully saturated rings. The van der Waals surface area contributed by atoms with Crippen molar-refractivity contribution in [1.29, 1.82) is 0 Å². The number of hydrogen-bond donors (Lipinski definition) is 2. The van der Waals surface area contributed by atoms with Gasteiger partial charge >= 0.3 is 0 Å². The maximum atomic E-state index is 12.8. The Balaban J connectivity index is 1.48. The van der Waals surface area contributed by atoms with Gasteiger partial charge in [-0.3, -0.25) is 14.4 Å². The Morgan fingerprint density at radius 3 is 2.93 bits per heavy atom. The average molecular weight is 401 g/mol. The van der Waals surface area contributed by atoms with E-state index in [1.54, 1.807) is 23.3 Å². The van der Waals surface area contributed by atoms with Gasteiger partial charge in [0.05, 0.1) is 24.3 Å². The highest BCUT2D eigenvalue weighted by molar-refractivity contribution is 7.17. The van der Waals surface area contributed by atoms with Crippen molar-refractivity contribution in [3.05, 3.63) is 40.2 Å². The summed E-state index contributed by atoms with van der Waals surface area (Å²) in [5.41, 5.74) is 7.03. The molecule has 2 aromatic rings. The number of carbonyl (C=O) groups is 3. The summed E-state index contributed by atoms with van der Waals surface area (Å²) in [7, 11) is 0. The van der Waals surface area contributed by atoms with Crippen LogP contribution in [0.5, 0.6) is 0 Å². The number of nitrogens with one attached hydrogen (secondary N) is 1. The topological polar surface area (TPSA) is 106 Å². The zero-order chi connectivity index (χ0) is 19.8. The lowest BCUT2D eigenvalue weighted by molar-refractivity contribution is -0.128. The van der Waals surface area contributed by atoms with Crippen LogP contribution in [0.4, 0.5) is 5.00 Å². The van der Waals surface area contributed by atoms with E-state index in [9.17, 15) is 14.4 Å². The lowest BCUT2D eigenvalue weighted by Crippen LogP contribution is -2.28. The minimum atomic E-state index is -0.510. The molecule has 3 N–H and O–H groups in total. The third-order valence-electron chi connectivity index (χ3n) is 5.51. The first-order valence-corrected chi connectivity index (χ1v) is 10.3. The Kier molecular flexibility index (Phi) is 4.97. The van der Waals surface area contributed by atoms with E-state index >= 15 is 0 Å². The number of likely N-dealkylation sites (tertiary alicyclic amines) is 1. The third-order valence-corrected chi connectivity index (χ3v) is 6.68. The molecule has 0 aromatic carbocycles. The maximum Gasteiger partial charge on any atom is 0.251 e. The summed E-state index contributed by atoms with van der Waals surface area (Å²) in [4.78, 5) is 39.9. The zero-order valence-corrected chi connectivity index (χ0v) is 16.5. The van der Waals surface area contributed by atoms with E-state index in [0.29, 0.717) is 35.3 Å². The number of furan rings is 1. The first kappa shape index (κ1) is 18.7. The standard InChI is InChI=1S/C20H23N3O4S/c1-11-4-5-14-15(7-11)28-20(17(14)18(21)25)22-19(26)12-8-16(24)23(9-12)10-13-3-2-6-27-13/h2-3,6,11-12H,4-5,7-10H2,1H3,(H2,21,25)(H,22,26). The van der Waals surface area contributed by atoms with Gasteiger partial charge in [-0.05, 0) is 42.9 Å². The molecule has 2 unspecified atom stereocenters. The van der Waals surface area contributed by atoms with Crippen LogP contribution in [0.2, 0.25) is 0 Å². The number of rotatable bonds is 5. The highest BCUT2D eigenvalue weighted by Gasteiger charge is 2.36. The molecule has 0 bridgehead atoms. The lowest BCUT2D eigenvalue weighted by atomic mass is 9.88. The molecule has 4 rings (SSSR count). The van der Waals surface area contributed by atoms with Crippen molar-refractivity contribution in [3.63, 3.8) is 0 Å². The smallest absolute Gasteiger partial charge is 0.251 e. The van der Waals surface area contributed by atoms with Crippen molar-refractivity contribution in [2.75, 3.05) is 11.9 Å². The van der Waals surface area contributed by atoms with Gasteiger partial charge in [0.25, 0.3) is 5.91 Å². The highest BCUT2D eigenvalue weighted by Crippen LogP contribution is 2.39. The quantitative estimate of drug-likeness (QED) is 0.803. The maximum absolute atomic E-state index is 12.8. The molecule has 3 amide bonds. The van der Waals surface area contributed by atoms with Crippen molar-refractivity contribution in [1.82, 2.24) is 4.90 Å². The molecule has 28 heavy (non-hydrogen) atoms. The molecular weight excluding hydrogens is 378 g/mol. The summed E-state index contributed by atoms with van der Waals surface area (Å²) in [6, 6.07) is 3.57. The fourth-order valence-corrected chi connectivity index (χ4v) is 5.42. The van der Waals surface area contributed by atoms with Crippen molar-refractivity contribution in [2.24, 2.45) is 17.6 Å². The van der Waals surface area contributed by atoms with Crippen molar-refractivity contribution >= 4 is 34.1 Å². The van der Waals surface area contributed by atoms with Crippen LogP contribution >= 0.6 is 11.3 Å². The molecule has 2 aliphatic rings. The first-order chi connectivity index (χ1) is 13.4. The summed E-state index contributed by atoms with van der Waals surface area (Å²) in [5.74, 6) is -0.0514. The number of primary amides is 1. The van der Waals surface area contributed by atoms with Crippen LogP contribution in [0.15, 0.2) is 22.8 Å². The molecule has 2 atom stereocenters. The molecule has 0 saturated carbocycles. The number of carbonyl (C=O) groups excluding carboxylic acids is 3. The number of amides is 3. The van der Waals surface area contributed by atoms with E-state index in [1.165, 1.54) is 11.3 Å². The van der Waals surface area contributed by atoms with Gasteiger partial charge in [-0.25, -0.2) is 0 Å². The fourth-order valence-electron chi connectivity index (χ4n) is 4.00. The second kappa shape index (κ2) is 7.43. The van der Waals surface area contributed by atoms with Gasteiger partial charge in [0, 0.05) is 17.8 Å². The molecule has 1 aliphatic carbocycles. The van der Waals surface area contributed by atoms with Gasteiger partial charge in [0.15, 0.2) is 0 Å². The summed E-state index contributed by atoms with van der Waals surface area (Å²) in [6.07, 6.45) is 4.43. The van der Waals surface area contributed by atoms with Crippen LogP contribution in [0, 0.1) is 11.8 Å². The minimum absolute atomic E-state index is 0.0778. The molecule has 148 valence electrons. The molecular formula is C20H23N3O4S. The number of anilines is 1. The predicted octanol–water partition coefficient (Wildman–Crippen LogP) is 2.55. The summed E-state index contributed by atoms with van der Waals surface area (Å²) in [6.45, 7) is 2.87. The van der Waals surface area contributed by atoms with Gasteiger partial charge in [0.1, 0.15) is 10.8 Å². The summed E-state index contributed by atoms with van der Waals surface area (Å²) < 4.78 is 5.29. The minimum Gasteiger partial charge on any atom is -0.467 e. The SMILES string of the molecule is CC1CCc2c(sc(NC(=O)C3CC(=O)N(Cc4ccco4)C3)c2C(N)=O)C1. The molecule has 1 saturated heterocycles. The Labute approximate surface area is 166 Å². The Hall–Kier alpha value is -2.61. The van der Waals surface area contributed by atoms with Gasteiger partial charge in [0.2, 0.25) is 11.8 Å². The Morgan fingerprint density at radius 2 is 2.21 bits per heavy atom. The molecule has 1 aliphatic heterocycles. The molecule has 8 heteroatoms. The fraction of sp³-hybridized carbons (Fsp3) is 0.450. The van der Waals surface area contributed by atoms with Gasteiger partial charge < -0.3 is 20.4 Å². The van der Waals surface area contributed by atoms with Gasteiger partial charge in [-0.15, -0.1) is 11.3 Å². The van der Waals surface area contributed by atoms with Crippen LogP contribution in [0.1, 0.15) is 46.3 Å². The molecule has 2 aromatic heterocycles. The first-order valence-electron chi connectivity index (χ1n) is 9.47. The van der Waals surface area contributed by atoms with E-state index in [2.05, 4.69) is 12.2 Å². The van der Waals surface area contributed by atoms with E-state index in [1.807, 2.05) is 0 Å². The lowest BCUT2D eigenvalue weighted by Gasteiger charge is -2.18. The predicted molar refractivity (Wildman–Crippen MR) is 105 cm³/mol. The average Bonchev–Trinajstić information content (AvgIpc) is 3.34. The Morgan fingerprint density at radius 1 is 1.39 bits per heavy atom. The summed E-state index contributed by atoms with van der Waals surface area (Å²) >= 11 is 1.44. The van der Waals surface area contributed by atoms with Crippen LogP contribution in [-0.2, 0) is 29.0 Å². The number of hydrogen-bond acceptors (Lipinski definition) is 5.